The van der Waals surface area contributed by atoms with Gasteiger partial charge in [-0.2, -0.15) is 0 Å². The number of thiocarbonyl (C=S) groups is 1. The summed E-state index contributed by atoms with van der Waals surface area (Å²) in [6.45, 7) is 2.02. The van der Waals surface area contributed by atoms with E-state index in [2.05, 4.69) is 5.32 Å². The van der Waals surface area contributed by atoms with Gasteiger partial charge >= 0.3 is 0 Å². The maximum absolute atomic E-state index is 12.7. The van der Waals surface area contributed by atoms with Crippen LogP contribution in [-0.4, -0.2) is 10.1 Å². The van der Waals surface area contributed by atoms with E-state index in [4.69, 9.17) is 12.2 Å². The Kier molecular flexibility index (Phi) is 4.18. The topological polar surface area (TPSA) is 12.0 Å². The van der Waals surface area contributed by atoms with Gasteiger partial charge in [0.25, 0.3) is 0 Å². The Morgan fingerprint density at radius 3 is 3.00 bits per heavy atom. The lowest BCUT2D eigenvalue weighted by Gasteiger charge is -2.05. The van der Waals surface area contributed by atoms with Crippen LogP contribution in [0.3, 0.4) is 0 Å². The summed E-state index contributed by atoms with van der Waals surface area (Å²) in [6, 6.07) is 6.26. The van der Waals surface area contributed by atoms with Crippen molar-refractivity contribution in [1.29, 1.82) is 0 Å². The van der Waals surface area contributed by atoms with Crippen LogP contribution in [0.2, 0.25) is 0 Å². The first-order valence-corrected chi connectivity index (χ1v) is 5.31. The first-order valence-electron chi connectivity index (χ1n) is 3.91. The monoisotopic (exact) mass is 215 g/mol. The van der Waals surface area contributed by atoms with Crippen LogP contribution in [0.5, 0.6) is 0 Å². The molecule has 0 radical (unpaired) electrons. The van der Waals surface area contributed by atoms with Gasteiger partial charge in [0.2, 0.25) is 0 Å². The second-order valence-electron chi connectivity index (χ2n) is 2.36. The van der Waals surface area contributed by atoms with Crippen molar-refractivity contribution in [3.63, 3.8) is 0 Å². The van der Waals surface area contributed by atoms with E-state index < -0.39 is 0 Å². The van der Waals surface area contributed by atoms with Crippen molar-refractivity contribution < 1.29 is 4.39 Å². The molecular formula is C9H10FNS2. The Balaban J connectivity index is 2.58. The molecule has 0 unspecified atom stereocenters. The van der Waals surface area contributed by atoms with Crippen LogP contribution < -0.4 is 5.32 Å². The highest BCUT2D eigenvalue weighted by molar-refractivity contribution is 8.23. The molecule has 70 valence electrons. The third-order valence-electron chi connectivity index (χ3n) is 1.35. The zero-order chi connectivity index (χ0) is 9.68. The van der Waals surface area contributed by atoms with E-state index in [1.807, 2.05) is 6.92 Å². The van der Waals surface area contributed by atoms with Gasteiger partial charge in [-0.3, -0.25) is 0 Å². The zero-order valence-corrected chi connectivity index (χ0v) is 8.84. The van der Waals surface area contributed by atoms with E-state index in [0.717, 1.165) is 5.75 Å². The van der Waals surface area contributed by atoms with E-state index in [-0.39, 0.29) is 5.82 Å². The molecule has 0 atom stereocenters. The number of nitrogens with one attached hydrogen (secondary N) is 1. The Hall–Kier alpha value is -0.610. The molecule has 0 saturated heterocycles. The molecule has 4 heteroatoms. The zero-order valence-electron chi connectivity index (χ0n) is 7.21. The molecule has 1 N–H and O–H groups in total. The number of anilines is 1. The van der Waals surface area contributed by atoms with Crippen LogP contribution in [0.1, 0.15) is 6.92 Å². The molecule has 0 aliphatic carbocycles. The van der Waals surface area contributed by atoms with Gasteiger partial charge in [0, 0.05) is 5.69 Å². The molecule has 0 amide bonds. The van der Waals surface area contributed by atoms with Gasteiger partial charge in [0.1, 0.15) is 10.1 Å². The Morgan fingerprint density at radius 2 is 2.38 bits per heavy atom. The lowest BCUT2D eigenvalue weighted by molar-refractivity contribution is 0.628. The highest BCUT2D eigenvalue weighted by atomic mass is 32.2. The van der Waals surface area contributed by atoms with E-state index in [9.17, 15) is 4.39 Å². The summed E-state index contributed by atoms with van der Waals surface area (Å²) in [7, 11) is 0. The minimum absolute atomic E-state index is 0.255. The third kappa shape index (κ3) is 3.74. The van der Waals surface area contributed by atoms with Crippen molar-refractivity contribution in [2.45, 2.75) is 6.92 Å². The van der Waals surface area contributed by atoms with Gasteiger partial charge in [-0.1, -0.05) is 37.0 Å². The Bertz CT molecular complexity index is 301. The van der Waals surface area contributed by atoms with Gasteiger partial charge in [0.15, 0.2) is 0 Å². The van der Waals surface area contributed by atoms with Gasteiger partial charge in [-0.05, 0) is 24.0 Å². The van der Waals surface area contributed by atoms with Crippen molar-refractivity contribution in [3.8, 4) is 0 Å². The molecule has 0 aliphatic rings. The van der Waals surface area contributed by atoms with Gasteiger partial charge in [0.05, 0.1) is 0 Å². The number of thioether (sulfide) groups is 1. The van der Waals surface area contributed by atoms with Crippen molar-refractivity contribution in [3.05, 3.63) is 30.1 Å². The van der Waals surface area contributed by atoms with Crippen LogP contribution in [-0.2, 0) is 0 Å². The standard InChI is InChI=1S/C9H10FNS2/c1-2-13-9(12)11-8-5-3-4-7(10)6-8/h3-6H,2H2,1H3,(H,11,12). The minimum atomic E-state index is -0.255. The number of hydrogen-bond acceptors (Lipinski definition) is 2. The van der Waals surface area contributed by atoms with Crippen LogP contribution in [0.15, 0.2) is 24.3 Å². The molecule has 0 bridgehead atoms. The average Bonchev–Trinajstić information content (AvgIpc) is 2.04. The molecular weight excluding hydrogens is 205 g/mol. The second kappa shape index (κ2) is 5.19. The molecule has 0 aliphatic heterocycles. The molecule has 1 nitrogen and oxygen atoms in total. The summed E-state index contributed by atoms with van der Waals surface area (Å²) in [5.74, 6) is 0.663. The first kappa shape index (κ1) is 10.5. The lowest BCUT2D eigenvalue weighted by Crippen LogP contribution is -2.04. The fraction of sp³-hybridized carbons (Fsp3) is 0.222. The van der Waals surface area contributed by atoms with E-state index >= 15 is 0 Å². The van der Waals surface area contributed by atoms with E-state index in [0.29, 0.717) is 10.0 Å². The fourth-order valence-electron chi connectivity index (χ4n) is 0.851. The molecule has 1 aromatic carbocycles. The molecule has 1 rings (SSSR count). The van der Waals surface area contributed by atoms with Crippen molar-refractivity contribution >= 4 is 34.0 Å². The van der Waals surface area contributed by atoms with Gasteiger partial charge in [-0.25, -0.2) is 4.39 Å². The number of rotatable bonds is 2. The summed E-state index contributed by atoms with van der Waals surface area (Å²) in [4.78, 5) is 0. The molecule has 0 fully saturated rings. The first-order chi connectivity index (χ1) is 6.22. The third-order valence-corrected chi connectivity index (χ3v) is 2.45. The van der Waals surface area contributed by atoms with Crippen molar-refractivity contribution in [2.24, 2.45) is 0 Å². The van der Waals surface area contributed by atoms with E-state index in [1.54, 1.807) is 12.1 Å². The SMILES string of the molecule is CCSC(=S)Nc1cccc(F)c1. The van der Waals surface area contributed by atoms with E-state index in [1.165, 1.54) is 23.9 Å². The quantitative estimate of drug-likeness (QED) is 0.760. The van der Waals surface area contributed by atoms with Crippen LogP contribution in [0.4, 0.5) is 10.1 Å². The largest absolute Gasteiger partial charge is 0.341 e. The average molecular weight is 215 g/mol. The molecule has 0 aromatic heterocycles. The molecule has 1 aromatic rings. The van der Waals surface area contributed by atoms with Gasteiger partial charge < -0.3 is 5.32 Å². The number of halogens is 1. The smallest absolute Gasteiger partial charge is 0.138 e. The summed E-state index contributed by atoms with van der Waals surface area (Å²) in [6.07, 6.45) is 0. The second-order valence-corrected chi connectivity index (χ2v) is 4.30. The normalized spacial score (nSPS) is 9.69. The van der Waals surface area contributed by atoms with Crippen molar-refractivity contribution in [1.82, 2.24) is 0 Å². The molecule has 0 heterocycles. The minimum Gasteiger partial charge on any atom is -0.341 e. The summed E-state index contributed by atoms with van der Waals surface area (Å²) in [5, 5.41) is 2.94. The predicted octanol–water partition coefficient (Wildman–Crippen LogP) is 3.28. The predicted molar refractivity (Wildman–Crippen MR) is 60.8 cm³/mol. The summed E-state index contributed by atoms with van der Waals surface area (Å²) >= 11 is 6.54. The number of hydrogen-bond donors (Lipinski definition) is 1. The molecule has 0 spiro atoms. The Labute approximate surface area is 86.7 Å². The molecule has 0 saturated carbocycles. The summed E-state index contributed by atoms with van der Waals surface area (Å²) < 4.78 is 13.4. The Morgan fingerprint density at radius 1 is 1.62 bits per heavy atom. The summed E-state index contributed by atoms with van der Waals surface area (Å²) in [5.41, 5.74) is 0.700. The highest BCUT2D eigenvalue weighted by Gasteiger charge is 1.97. The van der Waals surface area contributed by atoms with Crippen LogP contribution >= 0.6 is 24.0 Å². The maximum Gasteiger partial charge on any atom is 0.138 e. The van der Waals surface area contributed by atoms with Crippen LogP contribution in [0.25, 0.3) is 0 Å². The van der Waals surface area contributed by atoms with Crippen LogP contribution in [0, 0.1) is 5.82 Å². The fourth-order valence-corrected chi connectivity index (χ4v) is 1.77. The van der Waals surface area contributed by atoms with Gasteiger partial charge in [-0.15, -0.1) is 0 Å². The number of benzene rings is 1. The maximum atomic E-state index is 12.7. The van der Waals surface area contributed by atoms with Crippen molar-refractivity contribution in [2.75, 3.05) is 11.1 Å². The highest BCUT2D eigenvalue weighted by Crippen LogP contribution is 2.12. The lowest BCUT2D eigenvalue weighted by atomic mass is 10.3. The molecule has 13 heavy (non-hydrogen) atoms.